The van der Waals surface area contributed by atoms with Gasteiger partial charge in [0.2, 0.25) is 0 Å². The van der Waals surface area contributed by atoms with Gasteiger partial charge in [-0.25, -0.2) is 18.0 Å². The van der Waals surface area contributed by atoms with Crippen LogP contribution in [0.4, 0.5) is 13.2 Å². The van der Waals surface area contributed by atoms with Gasteiger partial charge in [-0.1, -0.05) is 22.0 Å². The number of carbonyl (C=O) groups excluding carboxylic acids is 1. The topological polar surface area (TPSA) is 75.6 Å². The number of hydrogen-bond donors (Lipinski definition) is 2. The van der Waals surface area contributed by atoms with E-state index in [1.54, 1.807) is 6.07 Å². The SMILES string of the molecule is O=C(O)COc1cc(F)c(F)cc1C(=O)NCc1ccc(Br)cc1F. The second-order valence-electron chi connectivity index (χ2n) is 4.86. The summed E-state index contributed by atoms with van der Waals surface area (Å²) in [4.78, 5) is 22.7. The van der Waals surface area contributed by atoms with Crippen molar-refractivity contribution in [1.29, 1.82) is 0 Å². The van der Waals surface area contributed by atoms with Crippen LogP contribution in [-0.2, 0) is 11.3 Å². The minimum Gasteiger partial charge on any atom is -0.481 e. The van der Waals surface area contributed by atoms with Crippen molar-refractivity contribution in [3.63, 3.8) is 0 Å². The smallest absolute Gasteiger partial charge is 0.341 e. The Balaban J connectivity index is 2.19. The van der Waals surface area contributed by atoms with Gasteiger partial charge in [0.25, 0.3) is 5.91 Å². The number of hydrogen-bond acceptors (Lipinski definition) is 3. The molecule has 9 heteroatoms. The normalized spacial score (nSPS) is 10.4. The minimum absolute atomic E-state index is 0.173. The van der Waals surface area contributed by atoms with Crippen molar-refractivity contribution in [3.8, 4) is 5.75 Å². The minimum atomic E-state index is -1.35. The number of carbonyl (C=O) groups is 2. The number of ether oxygens (including phenoxy) is 1. The second kappa shape index (κ2) is 8.02. The first-order valence-electron chi connectivity index (χ1n) is 6.83. The van der Waals surface area contributed by atoms with E-state index in [0.29, 0.717) is 16.6 Å². The molecule has 2 N–H and O–H groups in total. The van der Waals surface area contributed by atoms with Crippen molar-refractivity contribution in [2.75, 3.05) is 6.61 Å². The average Bonchev–Trinajstić information content (AvgIpc) is 2.54. The van der Waals surface area contributed by atoms with Crippen LogP contribution in [0.3, 0.4) is 0 Å². The monoisotopic (exact) mass is 417 g/mol. The fraction of sp³-hybridized carbons (Fsp3) is 0.125. The highest BCUT2D eigenvalue weighted by Crippen LogP contribution is 2.23. The van der Waals surface area contributed by atoms with E-state index in [4.69, 9.17) is 9.84 Å². The van der Waals surface area contributed by atoms with Crippen molar-refractivity contribution in [1.82, 2.24) is 5.32 Å². The van der Waals surface area contributed by atoms with Crippen LogP contribution in [0.1, 0.15) is 15.9 Å². The third-order valence-corrected chi connectivity index (χ3v) is 3.57. The van der Waals surface area contributed by atoms with E-state index in [9.17, 15) is 22.8 Å². The van der Waals surface area contributed by atoms with Crippen LogP contribution in [0, 0.1) is 17.5 Å². The summed E-state index contributed by atoms with van der Waals surface area (Å²) in [5.41, 5.74) is -0.232. The number of carboxylic acids is 1. The van der Waals surface area contributed by atoms with E-state index in [1.807, 2.05) is 0 Å². The number of benzene rings is 2. The van der Waals surface area contributed by atoms with Gasteiger partial charge in [-0.15, -0.1) is 0 Å². The van der Waals surface area contributed by atoms with E-state index < -0.39 is 47.2 Å². The fourth-order valence-corrected chi connectivity index (χ4v) is 2.23. The Bertz CT molecular complexity index is 829. The Morgan fingerprint density at radius 2 is 1.76 bits per heavy atom. The first-order chi connectivity index (χ1) is 11.8. The lowest BCUT2D eigenvalue weighted by Gasteiger charge is -2.12. The van der Waals surface area contributed by atoms with Crippen LogP contribution in [0.2, 0.25) is 0 Å². The lowest BCUT2D eigenvalue weighted by atomic mass is 10.1. The zero-order valence-corrected chi connectivity index (χ0v) is 14.1. The summed E-state index contributed by atoms with van der Waals surface area (Å²) in [7, 11) is 0. The molecule has 0 fully saturated rings. The summed E-state index contributed by atoms with van der Waals surface area (Å²) in [5.74, 6) is -5.83. The summed E-state index contributed by atoms with van der Waals surface area (Å²) in [6.07, 6.45) is 0. The predicted octanol–water partition coefficient (Wildman–Crippen LogP) is 3.26. The predicted molar refractivity (Wildman–Crippen MR) is 84.8 cm³/mol. The molecule has 5 nitrogen and oxygen atoms in total. The molecule has 2 aromatic carbocycles. The van der Waals surface area contributed by atoms with Gasteiger partial charge in [0.05, 0.1) is 5.56 Å². The average molecular weight is 418 g/mol. The van der Waals surface area contributed by atoms with Crippen molar-refractivity contribution in [2.45, 2.75) is 6.54 Å². The molecule has 0 aliphatic rings. The van der Waals surface area contributed by atoms with Crippen LogP contribution in [-0.4, -0.2) is 23.6 Å². The van der Waals surface area contributed by atoms with E-state index >= 15 is 0 Å². The van der Waals surface area contributed by atoms with Crippen LogP contribution in [0.5, 0.6) is 5.75 Å². The van der Waals surface area contributed by atoms with Crippen molar-refractivity contribution >= 4 is 27.8 Å². The molecule has 0 aliphatic heterocycles. The summed E-state index contributed by atoms with van der Waals surface area (Å²) >= 11 is 3.10. The van der Waals surface area contributed by atoms with E-state index in [1.165, 1.54) is 12.1 Å². The lowest BCUT2D eigenvalue weighted by molar-refractivity contribution is -0.139. The van der Waals surface area contributed by atoms with E-state index in [0.717, 1.165) is 0 Å². The highest BCUT2D eigenvalue weighted by Gasteiger charge is 2.18. The number of aliphatic carboxylic acids is 1. The fourth-order valence-electron chi connectivity index (χ4n) is 1.90. The van der Waals surface area contributed by atoms with Crippen molar-refractivity contribution < 1.29 is 32.6 Å². The highest BCUT2D eigenvalue weighted by molar-refractivity contribution is 9.10. The molecule has 132 valence electrons. The Hall–Kier alpha value is -2.55. The summed E-state index contributed by atoms with van der Waals surface area (Å²) in [5, 5.41) is 10.9. The van der Waals surface area contributed by atoms with Gasteiger partial charge in [-0.2, -0.15) is 0 Å². The first kappa shape index (κ1) is 18.8. The Kier molecular flexibility index (Phi) is 6.02. The molecule has 0 aliphatic carbocycles. The van der Waals surface area contributed by atoms with Crippen LogP contribution >= 0.6 is 15.9 Å². The van der Waals surface area contributed by atoms with Gasteiger partial charge in [0.15, 0.2) is 18.2 Å². The van der Waals surface area contributed by atoms with Crippen molar-refractivity contribution in [3.05, 3.63) is 63.4 Å². The number of carboxylic acid groups (broad SMARTS) is 1. The maximum absolute atomic E-state index is 13.7. The molecule has 0 saturated heterocycles. The molecule has 0 radical (unpaired) electrons. The third kappa shape index (κ3) is 4.96. The largest absolute Gasteiger partial charge is 0.481 e. The molecule has 0 bridgehead atoms. The molecule has 0 unspecified atom stereocenters. The molecule has 0 atom stereocenters. The summed E-state index contributed by atoms with van der Waals surface area (Å²) < 4.78 is 45.7. The maximum atomic E-state index is 13.7. The molecule has 2 rings (SSSR count). The van der Waals surface area contributed by atoms with Gasteiger partial charge in [0, 0.05) is 22.6 Å². The van der Waals surface area contributed by atoms with Crippen LogP contribution < -0.4 is 10.1 Å². The molecular formula is C16H11BrF3NO4. The van der Waals surface area contributed by atoms with Gasteiger partial charge in [-0.3, -0.25) is 4.79 Å². The lowest BCUT2D eigenvalue weighted by Crippen LogP contribution is -2.25. The van der Waals surface area contributed by atoms with Gasteiger partial charge < -0.3 is 15.2 Å². The number of rotatable bonds is 6. The Labute approximate surface area is 148 Å². The third-order valence-electron chi connectivity index (χ3n) is 3.07. The molecule has 0 saturated carbocycles. The summed E-state index contributed by atoms with van der Waals surface area (Å²) in [6.45, 7) is -1.05. The molecular weight excluding hydrogens is 407 g/mol. The molecule has 0 heterocycles. The van der Waals surface area contributed by atoms with Crippen LogP contribution in [0.25, 0.3) is 0 Å². The zero-order valence-electron chi connectivity index (χ0n) is 12.5. The van der Waals surface area contributed by atoms with Gasteiger partial charge in [0.1, 0.15) is 11.6 Å². The number of halogens is 4. The highest BCUT2D eigenvalue weighted by atomic mass is 79.9. The summed E-state index contributed by atoms with van der Waals surface area (Å²) in [6, 6.07) is 5.38. The number of nitrogens with one attached hydrogen (secondary N) is 1. The molecule has 1 amide bonds. The second-order valence-corrected chi connectivity index (χ2v) is 5.78. The molecule has 2 aromatic rings. The molecule has 25 heavy (non-hydrogen) atoms. The Morgan fingerprint density at radius 1 is 1.08 bits per heavy atom. The maximum Gasteiger partial charge on any atom is 0.341 e. The first-order valence-corrected chi connectivity index (χ1v) is 7.63. The van der Waals surface area contributed by atoms with Gasteiger partial charge >= 0.3 is 5.97 Å². The van der Waals surface area contributed by atoms with Crippen molar-refractivity contribution in [2.24, 2.45) is 0 Å². The Morgan fingerprint density at radius 3 is 2.40 bits per heavy atom. The molecule has 0 aromatic heterocycles. The quantitative estimate of drug-likeness (QED) is 0.756. The molecule has 0 spiro atoms. The van der Waals surface area contributed by atoms with Crippen LogP contribution in [0.15, 0.2) is 34.8 Å². The van der Waals surface area contributed by atoms with E-state index in [-0.39, 0.29) is 12.1 Å². The van der Waals surface area contributed by atoms with Gasteiger partial charge in [-0.05, 0) is 18.2 Å². The standard InChI is InChI=1S/C16H11BrF3NO4/c17-9-2-1-8(11(18)3-9)6-21-16(24)10-4-12(19)13(20)5-14(10)25-7-15(22)23/h1-5H,6-7H2,(H,21,24)(H,22,23). The van der Waals surface area contributed by atoms with E-state index in [2.05, 4.69) is 21.2 Å². The zero-order chi connectivity index (χ0) is 18.6. The number of amides is 1.